The van der Waals surface area contributed by atoms with Crippen LogP contribution >= 0.6 is 0 Å². The number of benzene rings is 1. The number of amides is 1. The van der Waals surface area contributed by atoms with Crippen LogP contribution in [0.15, 0.2) is 18.2 Å². The molecule has 2 N–H and O–H groups in total. The van der Waals surface area contributed by atoms with Gasteiger partial charge in [0.2, 0.25) is 0 Å². The first-order chi connectivity index (χ1) is 9.54. The minimum Gasteiger partial charge on any atom is -0.393 e. The Kier molecular flexibility index (Phi) is 4.19. The van der Waals surface area contributed by atoms with Crippen LogP contribution in [0.1, 0.15) is 23.2 Å². The Morgan fingerprint density at radius 1 is 1.45 bits per heavy atom. The monoisotopic (exact) mass is 279 g/mol. The molecular formula is C13H17N3O4. The summed E-state index contributed by atoms with van der Waals surface area (Å²) in [6.45, 7) is 1.14. The van der Waals surface area contributed by atoms with Crippen LogP contribution in [0.2, 0.25) is 0 Å². The molecule has 1 aromatic carbocycles. The molecular weight excluding hydrogens is 262 g/mol. The number of anilines is 1. The van der Waals surface area contributed by atoms with Crippen molar-refractivity contribution in [3.8, 4) is 0 Å². The Labute approximate surface area is 116 Å². The second-order valence-electron chi connectivity index (χ2n) is 4.72. The van der Waals surface area contributed by atoms with Gasteiger partial charge < -0.3 is 15.4 Å². The number of carbonyl (C=O) groups excluding carboxylic acids is 1. The molecule has 0 bridgehead atoms. The quantitative estimate of drug-likeness (QED) is 0.512. The van der Waals surface area contributed by atoms with Crippen molar-refractivity contribution in [3.63, 3.8) is 0 Å². The topological polar surface area (TPSA) is 98.7 Å². The summed E-state index contributed by atoms with van der Waals surface area (Å²) in [6, 6.07) is 4.29. The molecule has 0 spiro atoms. The van der Waals surface area contributed by atoms with Crippen molar-refractivity contribution in [2.45, 2.75) is 18.9 Å². The van der Waals surface area contributed by atoms with Gasteiger partial charge in [-0.3, -0.25) is 14.9 Å². The van der Waals surface area contributed by atoms with Gasteiger partial charge in [-0.1, -0.05) is 6.07 Å². The molecule has 0 atom stereocenters. The van der Waals surface area contributed by atoms with E-state index in [1.807, 2.05) is 0 Å². The van der Waals surface area contributed by atoms with E-state index in [1.165, 1.54) is 18.2 Å². The van der Waals surface area contributed by atoms with Crippen LogP contribution in [-0.4, -0.2) is 42.0 Å². The number of hydrogen-bond donors (Lipinski definition) is 1. The van der Waals surface area contributed by atoms with Gasteiger partial charge >= 0.3 is 0 Å². The highest BCUT2D eigenvalue weighted by molar-refractivity contribution is 6.01. The summed E-state index contributed by atoms with van der Waals surface area (Å²) in [4.78, 5) is 24.3. The third-order valence-electron chi connectivity index (χ3n) is 3.57. The Bertz CT molecular complexity index is 524. The average molecular weight is 279 g/mol. The summed E-state index contributed by atoms with van der Waals surface area (Å²) < 4.78 is 5.25. The van der Waals surface area contributed by atoms with Gasteiger partial charge in [0, 0.05) is 26.3 Å². The fourth-order valence-corrected chi connectivity index (χ4v) is 2.36. The van der Waals surface area contributed by atoms with Crippen molar-refractivity contribution in [2.75, 3.05) is 25.9 Å². The number of nitro benzene ring substituents is 1. The SMILES string of the molecule is COC1CCN(C(=O)c2cccc([N+](=O)[O-])c2N)CC1. The van der Waals surface area contributed by atoms with Crippen LogP contribution < -0.4 is 5.73 Å². The van der Waals surface area contributed by atoms with Crippen LogP contribution in [0.5, 0.6) is 0 Å². The Morgan fingerprint density at radius 2 is 2.10 bits per heavy atom. The highest BCUT2D eigenvalue weighted by atomic mass is 16.6. The highest BCUT2D eigenvalue weighted by Crippen LogP contribution is 2.26. The highest BCUT2D eigenvalue weighted by Gasteiger charge is 2.26. The lowest BCUT2D eigenvalue weighted by molar-refractivity contribution is -0.383. The molecule has 0 saturated carbocycles. The van der Waals surface area contributed by atoms with Crippen molar-refractivity contribution in [1.29, 1.82) is 0 Å². The first-order valence-electron chi connectivity index (χ1n) is 6.39. The largest absolute Gasteiger partial charge is 0.393 e. The molecule has 1 fully saturated rings. The van der Waals surface area contributed by atoms with Gasteiger partial charge in [-0.25, -0.2) is 0 Å². The van der Waals surface area contributed by atoms with E-state index in [-0.39, 0.29) is 28.9 Å². The summed E-state index contributed by atoms with van der Waals surface area (Å²) in [5.74, 6) is -0.263. The summed E-state index contributed by atoms with van der Waals surface area (Å²) in [6.07, 6.45) is 1.69. The van der Waals surface area contributed by atoms with Crippen LogP contribution in [0.25, 0.3) is 0 Å². The fourth-order valence-electron chi connectivity index (χ4n) is 2.36. The predicted octanol–water partition coefficient (Wildman–Crippen LogP) is 1.43. The zero-order valence-corrected chi connectivity index (χ0v) is 11.2. The lowest BCUT2D eigenvalue weighted by atomic mass is 10.1. The summed E-state index contributed by atoms with van der Waals surface area (Å²) in [5.41, 5.74) is 5.61. The Balaban J connectivity index is 2.18. The van der Waals surface area contributed by atoms with Crippen LogP contribution in [-0.2, 0) is 4.74 Å². The number of rotatable bonds is 3. The van der Waals surface area contributed by atoms with Gasteiger partial charge in [-0.2, -0.15) is 0 Å². The number of nitro groups is 1. The minimum atomic E-state index is -0.580. The van der Waals surface area contributed by atoms with E-state index in [0.29, 0.717) is 13.1 Å². The van der Waals surface area contributed by atoms with E-state index >= 15 is 0 Å². The number of carbonyl (C=O) groups is 1. The minimum absolute atomic E-state index is 0.0728. The van der Waals surface area contributed by atoms with E-state index in [4.69, 9.17) is 10.5 Å². The van der Waals surface area contributed by atoms with Gasteiger partial charge in [0.1, 0.15) is 5.69 Å². The summed E-state index contributed by atoms with van der Waals surface area (Å²) in [7, 11) is 1.65. The van der Waals surface area contributed by atoms with Crippen molar-refractivity contribution in [1.82, 2.24) is 4.90 Å². The van der Waals surface area contributed by atoms with Crippen molar-refractivity contribution in [2.24, 2.45) is 0 Å². The molecule has 1 amide bonds. The summed E-state index contributed by atoms with van der Waals surface area (Å²) in [5, 5.41) is 10.8. The molecule has 0 unspecified atom stereocenters. The number of nitrogen functional groups attached to an aromatic ring is 1. The van der Waals surface area contributed by atoms with E-state index in [1.54, 1.807) is 12.0 Å². The van der Waals surface area contributed by atoms with Gasteiger partial charge in [0.25, 0.3) is 11.6 Å². The van der Waals surface area contributed by atoms with E-state index < -0.39 is 4.92 Å². The number of hydrogen-bond acceptors (Lipinski definition) is 5. The zero-order chi connectivity index (χ0) is 14.7. The molecule has 1 aliphatic rings. The lowest BCUT2D eigenvalue weighted by Crippen LogP contribution is -2.40. The summed E-state index contributed by atoms with van der Waals surface area (Å²) >= 11 is 0. The van der Waals surface area contributed by atoms with Crippen LogP contribution in [0, 0.1) is 10.1 Å². The number of nitrogens with two attached hydrogens (primary N) is 1. The third-order valence-corrected chi connectivity index (χ3v) is 3.57. The molecule has 1 saturated heterocycles. The zero-order valence-electron chi connectivity index (χ0n) is 11.2. The molecule has 1 heterocycles. The first-order valence-corrected chi connectivity index (χ1v) is 6.39. The van der Waals surface area contributed by atoms with Gasteiger partial charge in [-0.15, -0.1) is 0 Å². The molecule has 20 heavy (non-hydrogen) atoms. The number of ether oxygens (including phenoxy) is 1. The molecule has 1 aromatic rings. The van der Waals surface area contributed by atoms with Crippen molar-refractivity contribution in [3.05, 3.63) is 33.9 Å². The molecule has 0 aliphatic carbocycles. The van der Waals surface area contributed by atoms with Crippen molar-refractivity contribution >= 4 is 17.3 Å². The Morgan fingerprint density at radius 3 is 2.65 bits per heavy atom. The van der Waals surface area contributed by atoms with Crippen LogP contribution in [0.4, 0.5) is 11.4 Å². The predicted molar refractivity (Wildman–Crippen MR) is 73.4 cm³/mol. The maximum absolute atomic E-state index is 12.4. The van der Waals surface area contributed by atoms with Crippen molar-refractivity contribution < 1.29 is 14.5 Å². The fraction of sp³-hybridized carbons (Fsp3) is 0.462. The molecule has 1 aliphatic heterocycles. The molecule has 0 aromatic heterocycles. The second kappa shape index (κ2) is 5.87. The molecule has 108 valence electrons. The third kappa shape index (κ3) is 2.72. The molecule has 7 heteroatoms. The number of para-hydroxylation sites is 1. The number of methoxy groups -OCH3 is 1. The second-order valence-corrected chi connectivity index (χ2v) is 4.72. The molecule has 7 nitrogen and oxygen atoms in total. The smallest absolute Gasteiger partial charge is 0.292 e. The number of nitrogens with zero attached hydrogens (tertiary/aromatic N) is 2. The molecule has 0 radical (unpaired) electrons. The van der Waals surface area contributed by atoms with E-state index in [0.717, 1.165) is 12.8 Å². The Hall–Kier alpha value is -2.15. The lowest BCUT2D eigenvalue weighted by Gasteiger charge is -2.31. The standard InChI is InChI=1S/C13H17N3O4/c1-20-9-5-7-15(8-6-9)13(17)10-3-2-4-11(12(10)14)16(18)19/h2-4,9H,5-8,14H2,1H3. The maximum atomic E-state index is 12.4. The van der Waals surface area contributed by atoms with Gasteiger partial charge in [0.05, 0.1) is 16.6 Å². The number of piperidine rings is 1. The maximum Gasteiger partial charge on any atom is 0.292 e. The molecule has 2 rings (SSSR count). The first kappa shape index (κ1) is 14.3. The van der Waals surface area contributed by atoms with Crippen LogP contribution in [0.3, 0.4) is 0 Å². The van der Waals surface area contributed by atoms with Gasteiger partial charge in [0.15, 0.2) is 0 Å². The number of likely N-dealkylation sites (tertiary alicyclic amines) is 1. The average Bonchev–Trinajstić information content (AvgIpc) is 2.46. The van der Waals surface area contributed by atoms with Gasteiger partial charge in [-0.05, 0) is 18.9 Å². The van der Waals surface area contributed by atoms with E-state index in [2.05, 4.69) is 0 Å². The van der Waals surface area contributed by atoms with E-state index in [9.17, 15) is 14.9 Å². The normalized spacial score (nSPS) is 16.1.